The van der Waals surface area contributed by atoms with Gasteiger partial charge < -0.3 is 10.8 Å². The van der Waals surface area contributed by atoms with Crippen molar-refractivity contribution >= 4 is 11.6 Å². The second kappa shape index (κ2) is 4.49. The number of aromatic hydroxyl groups is 1. The van der Waals surface area contributed by atoms with E-state index in [1.54, 1.807) is 6.07 Å². The second-order valence-electron chi connectivity index (χ2n) is 3.26. The number of aryl methyl sites for hydroxylation is 1. The molecule has 3 N–H and O–H groups in total. The van der Waals surface area contributed by atoms with E-state index in [1.807, 2.05) is 19.1 Å². The molecule has 0 aliphatic heterocycles. The minimum Gasteiger partial charge on any atom is -0.506 e. The third-order valence-electron chi connectivity index (χ3n) is 1.94. The van der Waals surface area contributed by atoms with E-state index in [1.165, 1.54) is 0 Å². The van der Waals surface area contributed by atoms with Crippen LogP contribution in [0, 0.1) is 0 Å². The predicted octanol–water partition coefficient (Wildman–Crippen LogP) is 2.33. The Labute approximate surface area is 83.3 Å². The van der Waals surface area contributed by atoms with Crippen LogP contribution in [0.1, 0.15) is 18.9 Å². The molecule has 1 aromatic carbocycles. The van der Waals surface area contributed by atoms with Gasteiger partial charge in [-0.2, -0.15) is 0 Å². The molecular formula is C10H14ClNO. The van der Waals surface area contributed by atoms with Crippen LogP contribution in [-0.2, 0) is 6.42 Å². The van der Waals surface area contributed by atoms with E-state index in [9.17, 15) is 5.11 Å². The Hall–Kier alpha value is -0.730. The lowest BCUT2D eigenvalue weighted by molar-refractivity contribution is 0.466. The van der Waals surface area contributed by atoms with Crippen LogP contribution in [0.15, 0.2) is 18.2 Å². The zero-order chi connectivity index (χ0) is 9.84. The highest BCUT2D eigenvalue weighted by Crippen LogP contribution is 2.27. The van der Waals surface area contributed by atoms with Crippen LogP contribution in [0.2, 0.25) is 5.02 Å². The molecule has 1 unspecified atom stereocenters. The molecule has 0 aromatic heterocycles. The van der Waals surface area contributed by atoms with E-state index in [2.05, 4.69) is 0 Å². The Kier molecular flexibility index (Phi) is 3.58. The molecule has 0 spiro atoms. The van der Waals surface area contributed by atoms with Crippen LogP contribution >= 0.6 is 11.6 Å². The normalized spacial score (nSPS) is 12.8. The average Bonchev–Trinajstić information content (AvgIpc) is 2.07. The van der Waals surface area contributed by atoms with E-state index in [-0.39, 0.29) is 11.8 Å². The van der Waals surface area contributed by atoms with Crippen molar-refractivity contribution in [3.8, 4) is 5.75 Å². The number of phenols is 1. The zero-order valence-corrected chi connectivity index (χ0v) is 8.38. The van der Waals surface area contributed by atoms with Gasteiger partial charge in [0.25, 0.3) is 0 Å². The Morgan fingerprint density at radius 3 is 2.85 bits per heavy atom. The Morgan fingerprint density at radius 1 is 1.54 bits per heavy atom. The number of nitrogens with two attached hydrogens (primary N) is 1. The molecule has 2 nitrogen and oxygen atoms in total. The van der Waals surface area contributed by atoms with Crippen LogP contribution in [0.25, 0.3) is 0 Å². The van der Waals surface area contributed by atoms with Crippen LogP contribution in [0.5, 0.6) is 5.75 Å². The Balaban J connectivity index is 2.71. The quantitative estimate of drug-likeness (QED) is 0.785. The van der Waals surface area contributed by atoms with Crippen LogP contribution < -0.4 is 5.73 Å². The Bertz CT molecular complexity index is 286. The summed E-state index contributed by atoms with van der Waals surface area (Å²) in [6.45, 7) is 1.95. The van der Waals surface area contributed by atoms with Crippen molar-refractivity contribution in [3.63, 3.8) is 0 Å². The van der Waals surface area contributed by atoms with Gasteiger partial charge in [-0.25, -0.2) is 0 Å². The van der Waals surface area contributed by atoms with Gasteiger partial charge in [-0.1, -0.05) is 23.7 Å². The monoisotopic (exact) mass is 199 g/mol. The average molecular weight is 200 g/mol. The van der Waals surface area contributed by atoms with E-state index >= 15 is 0 Å². The molecule has 0 bridgehead atoms. The first-order valence-electron chi connectivity index (χ1n) is 4.33. The standard InChI is InChI=1S/C10H14ClNO/c1-7(12)5-6-8-3-2-4-9(11)10(8)13/h2-4,7,13H,5-6,12H2,1H3. The summed E-state index contributed by atoms with van der Waals surface area (Å²) in [5, 5.41) is 9.94. The first-order valence-corrected chi connectivity index (χ1v) is 4.71. The number of hydrogen-bond acceptors (Lipinski definition) is 2. The number of para-hydroxylation sites is 1. The fraction of sp³-hybridized carbons (Fsp3) is 0.400. The van der Waals surface area contributed by atoms with Crippen molar-refractivity contribution in [2.45, 2.75) is 25.8 Å². The van der Waals surface area contributed by atoms with Crippen LogP contribution in [0.3, 0.4) is 0 Å². The molecule has 0 heterocycles. The molecule has 0 aliphatic rings. The summed E-state index contributed by atoms with van der Waals surface area (Å²) in [7, 11) is 0. The van der Waals surface area contributed by atoms with Crippen molar-refractivity contribution in [3.05, 3.63) is 28.8 Å². The van der Waals surface area contributed by atoms with Crippen molar-refractivity contribution in [1.29, 1.82) is 0 Å². The Morgan fingerprint density at radius 2 is 2.23 bits per heavy atom. The summed E-state index contributed by atoms with van der Waals surface area (Å²) in [5.74, 6) is 0.185. The van der Waals surface area contributed by atoms with Gasteiger partial charge in [-0.05, 0) is 31.4 Å². The maximum atomic E-state index is 9.54. The highest BCUT2D eigenvalue weighted by Gasteiger charge is 2.05. The lowest BCUT2D eigenvalue weighted by atomic mass is 10.1. The number of hydrogen-bond donors (Lipinski definition) is 2. The van der Waals surface area contributed by atoms with Crippen LogP contribution in [-0.4, -0.2) is 11.1 Å². The maximum absolute atomic E-state index is 9.54. The third-order valence-corrected chi connectivity index (χ3v) is 2.24. The molecular weight excluding hydrogens is 186 g/mol. The molecule has 13 heavy (non-hydrogen) atoms. The van der Waals surface area contributed by atoms with E-state index in [4.69, 9.17) is 17.3 Å². The summed E-state index contributed by atoms with van der Waals surface area (Å²) in [6.07, 6.45) is 1.62. The van der Waals surface area contributed by atoms with Gasteiger partial charge in [0.15, 0.2) is 0 Å². The minimum atomic E-state index is 0.151. The smallest absolute Gasteiger partial charge is 0.137 e. The number of rotatable bonds is 3. The van der Waals surface area contributed by atoms with E-state index in [0.717, 1.165) is 18.4 Å². The second-order valence-corrected chi connectivity index (χ2v) is 3.67. The zero-order valence-electron chi connectivity index (χ0n) is 7.63. The molecule has 3 heteroatoms. The molecule has 0 fully saturated rings. The molecule has 0 saturated carbocycles. The van der Waals surface area contributed by atoms with Gasteiger partial charge in [0.1, 0.15) is 5.75 Å². The molecule has 0 radical (unpaired) electrons. The molecule has 72 valence electrons. The first kappa shape index (κ1) is 10.4. The highest BCUT2D eigenvalue weighted by atomic mass is 35.5. The van der Waals surface area contributed by atoms with E-state index in [0.29, 0.717) is 5.02 Å². The lowest BCUT2D eigenvalue weighted by Crippen LogP contribution is -2.15. The fourth-order valence-electron chi connectivity index (χ4n) is 1.14. The molecule has 1 rings (SSSR count). The van der Waals surface area contributed by atoms with E-state index < -0.39 is 0 Å². The highest BCUT2D eigenvalue weighted by molar-refractivity contribution is 6.32. The largest absolute Gasteiger partial charge is 0.506 e. The number of benzene rings is 1. The molecule has 0 aliphatic carbocycles. The number of phenolic OH excluding ortho intramolecular Hbond substituents is 1. The van der Waals surface area contributed by atoms with Crippen LogP contribution in [0.4, 0.5) is 0 Å². The van der Waals surface area contributed by atoms with Gasteiger partial charge in [-0.3, -0.25) is 0 Å². The van der Waals surface area contributed by atoms with Crippen molar-refractivity contribution in [2.24, 2.45) is 5.73 Å². The van der Waals surface area contributed by atoms with Gasteiger partial charge in [0.05, 0.1) is 5.02 Å². The maximum Gasteiger partial charge on any atom is 0.137 e. The first-order chi connectivity index (χ1) is 6.11. The van der Waals surface area contributed by atoms with Crippen molar-refractivity contribution < 1.29 is 5.11 Å². The summed E-state index contributed by atoms with van der Waals surface area (Å²) in [4.78, 5) is 0. The summed E-state index contributed by atoms with van der Waals surface area (Å²) in [5.41, 5.74) is 6.48. The van der Waals surface area contributed by atoms with Gasteiger partial charge in [0.2, 0.25) is 0 Å². The molecule has 1 atom stereocenters. The lowest BCUT2D eigenvalue weighted by Gasteiger charge is -2.07. The minimum absolute atomic E-state index is 0.151. The summed E-state index contributed by atoms with van der Waals surface area (Å²) < 4.78 is 0. The predicted molar refractivity (Wildman–Crippen MR) is 55.1 cm³/mol. The molecule has 0 amide bonds. The van der Waals surface area contributed by atoms with Crippen molar-refractivity contribution in [2.75, 3.05) is 0 Å². The molecule has 0 saturated heterocycles. The molecule has 1 aromatic rings. The van der Waals surface area contributed by atoms with Gasteiger partial charge in [-0.15, -0.1) is 0 Å². The van der Waals surface area contributed by atoms with Crippen molar-refractivity contribution in [1.82, 2.24) is 0 Å². The fourth-order valence-corrected chi connectivity index (χ4v) is 1.34. The number of halogens is 1. The third kappa shape index (κ3) is 2.90. The van der Waals surface area contributed by atoms with Gasteiger partial charge >= 0.3 is 0 Å². The SMILES string of the molecule is CC(N)CCc1cccc(Cl)c1O. The topological polar surface area (TPSA) is 46.2 Å². The van der Waals surface area contributed by atoms with Gasteiger partial charge in [0, 0.05) is 6.04 Å². The summed E-state index contributed by atoms with van der Waals surface area (Å²) in [6, 6.07) is 5.52. The summed E-state index contributed by atoms with van der Waals surface area (Å²) >= 11 is 5.75.